The standard InChI is InChI=1S/C12H23NO/c1-4-13-9-6-11(7-10-13)5-8-12(2,3)14/h6,14H,4-5,7-10H2,1-3H3. The van der Waals surface area contributed by atoms with Gasteiger partial charge in [-0.2, -0.15) is 0 Å². The molecule has 1 heterocycles. The molecule has 0 aliphatic carbocycles. The lowest BCUT2D eigenvalue weighted by Crippen LogP contribution is -2.28. The van der Waals surface area contributed by atoms with Gasteiger partial charge in [0.05, 0.1) is 5.60 Å². The smallest absolute Gasteiger partial charge is 0.0594 e. The molecule has 0 atom stereocenters. The van der Waals surface area contributed by atoms with Crippen molar-refractivity contribution in [3.63, 3.8) is 0 Å². The molecule has 0 unspecified atom stereocenters. The van der Waals surface area contributed by atoms with E-state index in [0.29, 0.717) is 0 Å². The van der Waals surface area contributed by atoms with Crippen LogP contribution in [0, 0.1) is 0 Å². The molecule has 0 fully saturated rings. The Kier molecular flexibility index (Phi) is 4.14. The molecule has 0 aromatic carbocycles. The second kappa shape index (κ2) is 4.94. The predicted molar refractivity (Wildman–Crippen MR) is 60.3 cm³/mol. The van der Waals surface area contributed by atoms with Gasteiger partial charge in [-0.15, -0.1) is 0 Å². The Balaban J connectivity index is 2.30. The highest BCUT2D eigenvalue weighted by molar-refractivity contribution is 5.07. The maximum atomic E-state index is 9.61. The molecule has 0 saturated carbocycles. The molecule has 0 radical (unpaired) electrons. The topological polar surface area (TPSA) is 23.5 Å². The summed E-state index contributed by atoms with van der Waals surface area (Å²) >= 11 is 0. The van der Waals surface area contributed by atoms with E-state index in [1.807, 2.05) is 13.8 Å². The second-order valence-corrected chi connectivity index (χ2v) is 4.82. The van der Waals surface area contributed by atoms with Crippen molar-refractivity contribution in [2.24, 2.45) is 0 Å². The maximum Gasteiger partial charge on any atom is 0.0594 e. The van der Waals surface area contributed by atoms with Crippen LogP contribution in [0.1, 0.15) is 40.0 Å². The molecule has 2 nitrogen and oxygen atoms in total. The average molecular weight is 197 g/mol. The van der Waals surface area contributed by atoms with Crippen LogP contribution in [0.15, 0.2) is 11.6 Å². The Hall–Kier alpha value is -0.340. The molecule has 0 amide bonds. The predicted octanol–water partition coefficient (Wildman–Crippen LogP) is 2.19. The Morgan fingerprint density at radius 3 is 2.64 bits per heavy atom. The van der Waals surface area contributed by atoms with E-state index in [9.17, 15) is 5.11 Å². The van der Waals surface area contributed by atoms with Gasteiger partial charge in [-0.3, -0.25) is 4.90 Å². The van der Waals surface area contributed by atoms with Crippen LogP contribution in [-0.4, -0.2) is 35.2 Å². The summed E-state index contributed by atoms with van der Waals surface area (Å²) in [5.41, 5.74) is 1.01. The van der Waals surface area contributed by atoms with E-state index in [0.717, 1.165) is 25.9 Å². The van der Waals surface area contributed by atoms with E-state index in [-0.39, 0.29) is 0 Å². The van der Waals surface area contributed by atoms with Crippen LogP contribution in [0.25, 0.3) is 0 Å². The summed E-state index contributed by atoms with van der Waals surface area (Å²) in [5, 5.41) is 9.61. The third-order valence-corrected chi connectivity index (χ3v) is 2.89. The lowest BCUT2D eigenvalue weighted by atomic mass is 9.95. The molecule has 1 aliphatic rings. The second-order valence-electron chi connectivity index (χ2n) is 4.82. The number of hydrogen-bond acceptors (Lipinski definition) is 2. The van der Waals surface area contributed by atoms with Crippen LogP contribution in [0.5, 0.6) is 0 Å². The summed E-state index contributed by atoms with van der Waals surface area (Å²) in [4.78, 5) is 2.44. The van der Waals surface area contributed by atoms with Gasteiger partial charge in [0.1, 0.15) is 0 Å². The van der Waals surface area contributed by atoms with Crippen LogP contribution >= 0.6 is 0 Å². The minimum Gasteiger partial charge on any atom is -0.390 e. The van der Waals surface area contributed by atoms with E-state index in [1.165, 1.54) is 18.5 Å². The lowest BCUT2D eigenvalue weighted by Gasteiger charge is -2.26. The first-order valence-electron chi connectivity index (χ1n) is 5.64. The molecule has 14 heavy (non-hydrogen) atoms. The molecular formula is C12H23NO. The van der Waals surface area contributed by atoms with Crippen LogP contribution < -0.4 is 0 Å². The summed E-state index contributed by atoms with van der Waals surface area (Å²) in [6.07, 6.45) is 5.45. The van der Waals surface area contributed by atoms with Crippen molar-refractivity contribution in [3.05, 3.63) is 11.6 Å². The molecule has 0 aromatic rings. The van der Waals surface area contributed by atoms with Crippen molar-refractivity contribution >= 4 is 0 Å². The molecule has 1 aliphatic heterocycles. The largest absolute Gasteiger partial charge is 0.390 e. The average Bonchev–Trinajstić information content (AvgIpc) is 2.14. The molecule has 1 rings (SSSR count). The van der Waals surface area contributed by atoms with Gasteiger partial charge in [0.2, 0.25) is 0 Å². The fourth-order valence-electron chi connectivity index (χ4n) is 1.73. The summed E-state index contributed by atoms with van der Waals surface area (Å²) < 4.78 is 0. The van der Waals surface area contributed by atoms with Crippen molar-refractivity contribution in [1.29, 1.82) is 0 Å². The van der Waals surface area contributed by atoms with Crippen LogP contribution in [0.3, 0.4) is 0 Å². The van der Waals surface area contributed by atoms with Crippen molar-refractivity contribution in [3.8, 4) is 0 Å². The molecule has 0 saturated heterocycles. The summed E-state index contributed by atoms with van der Waals surface area (Å²) in [7, 11) is 0. The van der Waals surface area contributed by atoms with Crippen molar-refractivity contribution in [2.45, 2.75) is 45.6 Å². The fraction of sp³-hybridized carbons (Fsp3) is 0.833. The van der Waals surface area contributed by atoms with Crippen LogP contribution in [0.2, 0.25) is 0 Å². The normalized spacial score (nSPS) is 19.6. The Morgan fingerprint density at radius 2 is 2.21 bits per heavy atom. The minimum absolute atomic E-state index is 0.511. The number of nitrogens with zero attached hydrogens (tertiary/aromatic N) is 1. The molecule has 0 spiro atoms. The van der Waals surface area contributed by atoms with Gasteiger partial charge >= 0.3 is 0 Å². The SMILES string of the molecule is CCN1CC=C(CCC(C)(C)O)CC1. The number of rotatable bonds is 4. The highest BCUT2D eigenvalue weighted by Gasteiger charge is 2.15. The summed E-state index contributed by atoms with van der Waals surface area (Å²) in [6.45, 7) is 9.40. The molecule has 0 bridgehead atoms. The Bertz CT molecular complexity index is 203. The lowest BCUT2D eigenvalue weighted by molar-refractivity contribution is 0.0708. The van der Waals surface area contributed by atoms with Gasteiger partial charge in [-0.1, -0.05) is 18.6 Å². The van der Waals surface area contributed by atoms with E-state index in [4.69, 9.17) is 0 Å². The number of likely N-dealkylation sites (N-methyl/N-ethyl adjacent to an activating group) is 1. The van der Waals surface area contributed by atoms with Gasteiger partial charge in [0.25, 0.3) is 0 Å². The molecule has 2 heteroatoms. The van der Waals surface area contributed by atoms with Gasteiger partial charge in [0, 0.05) is 13.1 Å². The molecule has 82 valence electrons. The van der Waals surface area contributed by atoms with Crippen molar-refractivity contribution < 1.29 is 5.11 Å². The zero-order valence-corrected chi connectivity index (χ0v) is 9.71. The summed E-state index contributed by atoms with van der Waals surface area (Å²) in [5.74, 6) is 0. The zero-order chi connectivity index (χ0) is 10.6. The quantitative estimate of drug-likeness (QED) is 0.698. The van der Waals surface area contributed by atoms with Crippen molar-refractivity contribution in [2.75, 3.05) is 19.6 Å². The van der Waals surface area contributed by atoms with Crippen LogP contribution in [-0.2, 0) is 0 Å². The first-order valence-corrected chi connectivity index (χ1v) is 5.64. The highest BCUT2D eigenvalue weighted by Crippen LogP contribution is 2.20. The van der Waals surface area contributed by atoms with E-state index >= 15 is 0 Å². The Labute approximate surface area is 87.6 Å². The molecule has 1 N–H and O–H groups in total. The van der Waals surface area contributed by atoms with E-state index < -0.39 is 5.60 Å². The van der Waals surface area contributed by atoms with Crippen molar-refractivity contribution in [1.82, 2.24) is 4.90 Å². The zero-order valence-electron chi connectivity index (χ0n) is 9.71. The highest BCUT2D eigenvalue weighted by atomic mass is 16.3. The third kappa shape index (κ3) is 4.25. The van der Waals surface area contributed by atoms with E-state index in [1.54, 1.807) is 0 Å². The van der Waals surface area contributed by atoms with Gasteiger partial charge in [-0.25, -0.2) is 0 Å². The number of aliphatic hydroxyl groups is 1. The molecule has 0 aromatic heterocycles. The van der Waals surface area contributed by atoms with Gasteiger partial charge in [-0.05, 0) is 39.7 Å². The monoisotopic (exact) mass is 197 g/mol. The number of hydrogen-bond donors (Lipinski definition) is 1. The van der Waals surface area contributed by atoms with Gasteiger partial charge < -0.3 is 5.11 Å². The maximum absolute atomic E-state index is 9.61. The third-order valence-electron chi connectivity index (χ3n) is 2.89. The fourth-order valence-corrected chi connectivity index (χ4v) is 1.73. The summed E-state index contributed by atoms with van der Waals surface area (Å²) in [6, 6.07) is 0. The first-order chi connectivity index (χ1) is 6.51. The Morgan fingerprint density at radius 1 is 1.50 bits per heavy atom. The van der Waals surface area contributed by atoms with E-state index in [2.05, 4.69) is 17.9 Å². The first kappa shape index (κ1) is 11.7. The van der Waals surface area contributed by atoms with Crippen LogP contribution in [0.4, 0.5) is 0 Å². The molecular weight excluding hydrogens is 174 g/mol. The van der Waals surface area contributed by atoms with Gasteiger partial charge in [0.15, 0.2) is 0 Å². The minimum atomic E-state index is -0.511.